The van der Waals surface area contributed by atoms with Crippen LogP contribution in [0.4, 0.5) is 0 Å². The molecule has 11 heteroatoms. The van der Waals surface area contributed by atoms with E-state index in [1.165, 1.54) is 56.7 Å². The van der Waals surface area contributed by atoms with E-state index in [9.17, 15) is 30.0 Å². The number of carbonyl (C=O) groups is 1. The van der Waals surface area contributed by atoms with Crippen LogP contribution in [0.3, 0.4) is 0 Å². The lowest BCUT2D eigenvalue weighted by Crippen LogP contribution is -2.20. The number of aromatic hydroxyl groups is 3. The quantitative estimate of drug-likeness (QED) is 0.157. The molecule has 1 aliphatic rings. The molecule has 0 fully saturated rings. The van der Waals surface area contributed by atoms with Crippen LogP contribution in [0, 0.1) is 13.8 Å². The Morgan fingerprint density at radius 3 is 2.07 bits per heavy atom. The maximum absolute atomic E-state index is 14.0. The van der Waals surface area contributed by atoms with Gasteiger partial charge in [-0.1, -0.05) is 0 Å². The highest BCUT2D eigenvalue weighted by Gasteiger charge is 2.37. The average molecular weight is 587 g/mol. The Morgan fingerprint density at radius 1 is 0.721 bits per heavy atom. The van der Waals surface area contributed by atoms with Gasteiger partial charge in [0.1, 0.15) is 57.0 Å². The van der Waals surface area contributed by atoms with Crippen molar-refractivity contribution >= 4 is 27.9 Å². The first-order valence-electron chi connectivity index (χ1n) is 13.1. The van der Waals surface area contributed by atoms with E-state index in [2.05, 4.69) is 0 Å². The van der Waals surface area contributed by atoms with E-state index in [4.69, 9.17) is 23.4 Å². The summed E-state index contributed by atoms with van der Waals surface area (Å²) in [6.07, 6.45) is -3.42. The number of phenolic OH excluding ortho intramolecular Hbond substituents is 3. The summed E-state index contributed by atoms with van der Waals surface area (Å²) in [6.45, 7) is 3.39. The molecule has 0 saturated heterocycles. The molecular weight excluding hydrogens is 560 g/mol. The predicted molar refractivity (Wildman–Crippen MR) is 154 cm³/mol. The van der Waals surface area contributed by atoms with Crippen LogP contribution < -0.4 is 19.6 Å². The minimum atomic E-state index is -1.77. The van der Waals surface area contributed by atoms with Gasteiger partial charge in [0.05, 0.1) is 19.6 Å². The molecule has 5 aromatic rings. The van der Waals surface area contributed by atoms with Gasteiger partial charge < -0.3 is 43.8 Å². The molecule has 43 heavy (non-hydrogen) atoms. The largest absolute Gasteiger partial charge is 0.507 e. The molecule has 4 N–H and O–H groups in total. The second-order valence-electron chi connectivity index (χ2n) is 10.3. The van der Waals surface area contributed by atoms with Gasteiger partial charge in [-0.25, -0.2) is 4.79 Å². The number of hydrogen-bond acceptors (Lipinski definition) is 11. The van der Waals surface area contributed by atoms with Crippen molar-refractivity contribution in [2.75, 3.05) is 14.2 Å². The maximum atomic E-state index is 14.0. The minimum Gasteiger partial charge on any atom is -0.507 e. The van der Waals surface area contributed by atoms with Crippen LogP contribution in [0.25, 0.3) is 21.9 Å². The zero-order valence-electron chi connectivity index (χ0n) is 23.4. The van der Waals surface area contributed by atoms with Gasteiger partial charge in [0, 0.05) is 23.3 Å². The predicted octanol–water partition coefficient (Wildman–Crippen LogP) is 5.43. The lowest BCUT2D eigenvalue weighted by atomic mass is 9.93. The fraction of sp³-hybridized carbons (Fsp3) is 0.188. The molecule has 2 heterocycles. The zero-order chi connectivity index (χ0) is 30.7. The fourth-order valence-electron chi connectivity index (χ4n) is 5.39. The Kier molecular flexibility index (Phi) is 6.54. The van der Waals surface area contributed by atoms with Gasteiger partial charge in [0.15, 0.2) is 17.6 Å². The number of cyclic esters (lactones) is 1. The molecule has 0 amide bonds. The van der Waals surface area contributed by atoms with Crippen LogP contribution >= 0.6 is 0 Å². The Labute approximate surface area is 243 Å². The molecule has 6 rings (SSSR count). The number of esters is 1. The van der Waals surface area contributed by atoms with E-state index >= 15 is 0 Å². The molecule has 4 aromatic carbocycles. The maximum Gasteiger partial charge on any atom is 0.346 e. The zero-order valence-corrected chi connectivity index (χ0v) is 23.4. The number of carbonyl (C=O) groups excluding carboxylic acids is 1. The van der Waals surface area contributed by atoms with Crippen molar-refractivity contribution in [3.05, 3.63) is 86.6 Å². The Balaban J connectivity index is 1.71. The molecule has 220 valence electrons. The number of hydrogen-bond donors (Lipinski definition) is 4. The normalized spacial score (nSPS) is 16.3. The third kappa shape index (κ3) is 4.50. The van der Waals surface area contributed by atoms with Crippen molar-refractivity contribution in [1.82, 2.24) is 0 Å². The summed E-state index contributed by atoms with van der Waals surface area (Å²) in [6, 6.07) is 11.3. The molecule has 0 radical (unpaired) electrons. The molecule has 11 nitrogen and oxygen atoms in total. The molecule has 0 spiro atoms. The highest BCUT2D eigenvalue weighted by Crippen LogP contribution is 2.49. The number of aliphatic hydroxyl groups excluding tert-OH is 1. The van der Waals surface area contributed by atoms with E-state index in [-0.39, 0.29) is 67.4 Å². The van der Waals surface area contributed by atoms with E-state index in [0.717, 1.165) is 0 Å². The van der Waals surface area contributed by atoms with Gasteiger partial charge in [-0.15, -0.1) is 0 Å². The number of methoxy groups -OCH3 is 2. The molecule has 0 saturated carbocycles. The van der Waals surface area contributed by atoms with Crippen molar-refractivity contribution in [2.45, 2.75) is 26.1 Å². The topological polar surface area (TPSA) is 165 Å². The van der Waals surface area contributed by atoms with Crippen molar-refractivity contribution in [3.63, 3.8) is 0 Å². The highest BCUT2D eigenvalue weighted by atomic mass is 16.6. The summed E-state index contributed by atoms with van der Waals surface area (Å²) in [5.74, 6) is -2.33. The summed E-state index contributed by atoms with van der Waals surface area (Å²) in [4.78, 5) is 27.7. The standard InChI is InChI=1S/C32H26O11/c1-13-5-19(33)26-22(7-13)41-24-12-16(40-4)9-17(25(24)29(26)37)31-28(36)18-10-15(39-3)11-21(35)30(18)42-23-8-14(2)6-20(34)27(23)32(38)43-31/h5-12,28,31,33-36H,1-4H3. The Hall–Kier alpha value is -5.42. The number of benzene rings is 4. The van der Waals surface area contributed by atoms with Crippen molar-refractivity contribution < 1.29 is 48.6 Å². The molecule has 2 atom stereocenters. The first-order chi connectivity index (χ1) is 20.5. The second kappa shape index (κ2) is 10.1. The van der Waals surface area contributed by atoms with Crippen molar-refractivity contribution in [2.24, 2.45) is 0 Å². The third-order valence-corrected chi connectivity index (χ3v) is 7.34. The average Bonchev–Trinajstić information content (AvgIpc) is 2.98. The monoisotopic (exact) mass is 586 g/mol. The third-order valence-electron chi connectivity index (χ3n) is 7.34. The molecule has 2 unspecified atom stereocenters. The van der Waals surface area contributed by atoms with Crippen molar-refractivity contribution in [3.8, 4) is 40.2 Å². The van der Waals surface area contributed by atoms with Crippen LogP contribution in [0.1, 0.15) is 44.8 Å². The van der Waals surface area contributed by atoms with Gasteiger partial charge in [0.2, 0.25) is 5.43 Å². The summed E-state index contributed by atoms with van der Waals surface area (Å²) in [5, 5.41) is 44.0. The van der Waals surface area contributed by atoms with E-state index in [1.807, 2.05) is 0 Å². The number of phenols is 3. The first kappa shape index (κ1) is 27.7. The Morgan fingerprint density at radius 2 is 1.35 bits per heavy atom. The van der Waals surface area contributed by atoms with Gasteiger partial charge in [-0.3, -0.25) is 4.79 Å². The van der Waals surface area contributed by atoms with Gasteiger partial charge in [-0.05, 0) is 61.4 Å². The lowest BCUT2D eigenvalue weighted by Gasteiger charge is -2.25. The van der Waals surface area contributed by atoms with Gasteiger partial charge in [-0.2, -0.15) is 0 Å². The SMILES string of the molecule is COc1cc(O)c2c(c1)C(O)C(c1cc(OC)cc3oc4cc(C)cc(O)c4c(=O)c13)OC(=O)c1c(O)cc(C)cc1O2. The van der Waals surface area contributed by atoms with Gasteiger partial charge in [0.25, 0.3) is 0 Å². The molecule has 1 aromatic heterocycles. The van der Waals surface area contributed by atoms with Crippen LogP contribution in [-0.2, 0) is 4.74 Å². The highest BCUT2D eigenvalue weighted by molar-refractivity contribution is 5.98. The van der Waals surface area contributed by atoms with Crippen LogP contribution in [0.15, 0.2) is 57.7 Å². The molecular formula is C32H26O11. The summed E-state index contributed by atoms with van der Waals surface area (Å²) in [7, 11) is 2.74. The molecule has 0 bridgehead atoms. The number of aliphatic hydroxyl groups is 1. The Bertz CT molecular complexity index is 2030. The number of fused-ring (bicyclic) bond motifs is 4. The summed E-state index contributed by atoms with van der Waals surface area (Å²) < 4.78 is 28.6. The smallest absolute Gasteiger partial charge is 0.346 e. The lowest BCUT2D eigenvalue weighted by molar-refractivity contribution is -0.0204. The van der Waals surface area contributed by atoms with Crippen LogP contribution in [0.2, 0.25) is 0 Å². The van der Waals surface area contributed by atoms with E-state index in [0.29, 0.717) is 11.1 Å². The number of ether oxygens (including phenoxy) is 4. The first-order valence-corrected chi connectivity index (χ1v) is 13.1. The minimum absolute atomic E-state index is 0.0313. The van der Waals surface area contributed by atoms with Gasteiger partial charge >= 0.3 is 5.97 Å². The molecule has 0 aliphatic carbocycles. The summed E-state index contributed by atoms with van der Waals surface area (Å²) >= 11 is 0. The van der Waals surface area contributed by atoms with Crippen LogP contribution in [0.5, 0.6) is 40.2 Å². The van der Waals surface area contributed by atoms with Crippen molar-refractivity contribution in [1.29, 1.82) is 0 Å². The fourth-order valence-corrected chi connectivity index (χ4v) is 5.39. The van der Waals surface area contributed by atoms with E-state index < -0.39 is 35.1 Å². The van der Waals surface area contributed by atoms with E-state index in [1.54, 1.807) is 19.9 Å². The number of aryl methyl sites for hydroxylation is 2. The summed E-state index contributed by atoms with van der Waals surface area (Å²) in [5.41, 5.74) is 0.218. The second-order valence-corrected chi connectivity index (χ2v) is 10.3. The van der Waals surface area contributed by atoms with Crippen LogP contribution in [-0.4, -0.2) is 40.6 Å². The molecule has 1 aliphatic heterocycles. The number of rotatable bonds is 3.